The van der Waals surface area contributed by atoms with Crippen LogP contribution in [-0.2, 0) is 0 Å². The van der Waals surface area contributed by atoms with Crippen LogP contribution in [0.15, 0.2) is 54.9 Å². The number of nitrogens with one attached hydrogen (secondary N) is 2. The number of benzene rings is 2. The number of aryl methyl sites for hydroxylation is 2. The van der Waals surface area contributed by atoms with Gasteiger partial charge >= 0.3 is 0 Å². The van der Waals surface area contributed by atoms with Gasteiger partial charge in [-0.1, -0.05) is 6.07 Å². The summed E-state index contributed by atoms with van der Waals surface area (Å²) in [5, 5.41) is 14.6. The number of carbonyl (C=O) groups excluding carboxylic acids is 1. The van der Waals surface area contributed by atoms with E-state index in [2.05, 4.69) is 27.5 Å². The number of rotatable bonds is 4. The Morgan fingerprint density at radius 3 is 2.23 bits per heavy atom. The molecule has 0 aliphatic rings. The van der Waals surface area contributed by atoms with Crippen LogP contribution in [0.1, 0.15) is 27.0 Å². The van der Waals surface area contributed by atoms with E-state index in [0.717, 1.165) is 5.69 Å². The van der Waals surface area contributed by atoms with Crippen LogP contribution in [0.3, 0.4) is 0 Å². The highest BCUT2D eigenvalue weighted by Gasteiger charge is 2.08. The lowest BCUT2D eigenvalue weighted by atomic mass is 10.1. The standard InChI is InChI=1S/C20H17N5O/c1-13-3-6-18(9-14(13)2)25-20-22-11-16(12-23-20)19(26)24-17-7-4-15(10-21)5-8-17/h3-9,11-12H,1-2H3,(H,24,26)(H,22,23,25). The lowest BCUT2D eigenvalue weighted by Crippen LogP contribution is -2.13. The zero-order valence-electron chi connectivity index (χ0n) is 14.4. The molecule has 3 aromatic rings. The zero-order chi connectivity index (χ0) is 18.5. The minimum atomic E-state index is -0.313. The second-order valence-electron chi connectivity index (χ2n) is 5.86. The molecule has 6 heteroatoms. The highest BCUT2D eigenvalue weighted by Crippen LogP contribution is 2.17. The Morgan fingerprint density at radius 1 is 0.962 bits per heavy atom. The SMILES string of the molecule is Cc1ccc(Nc2ncc(C(=O)Nc3ccc(C#N)cc3)cn2)cc1C. The van der Waals surface area contributed by atoms with Crippen LogP contribution < -0.4 is 10.6 Å². The fraction of sp³-hybridized carbons (Fsp3) is 0.100. The van der Waals surface area contributed by atoms with Gasteiger partial charge in [-0.05, 0) is 61.4 Å². The molecule has 0 radical (unpaired) electrons. The quantitative estimate of drug-likeness (QED) is 0.748. The first-order chi connectivity index (χ1) is 12.5. The molecule has 2 aromatic carbocycles. The van der Waals surface area contributed by atoms with Crippen molar-refractivity contribution in [3.63, 3.8) is 0 Å². The van der Waals surface area contributed by atoms with Crippen molar-refractivity contribution in [3.8, 4) is 6.07 Å². The van der Waals surface area contributed by atoms with Gasteiger partial charge in [0.1, 0.15) is 0 Å². The first kappa shape index (κ1) is 17.1. The van der Waals surface area contributed by atoms with Crippen LogP contribution in [0.2, 0.25) is 0 Å². The molecule has 1 aromatic heterocycles. The molecule has 6 nitrogen and oxygen atoms in total. The highest BCUT2D eigenvalue weighted by molar-refractivity contribution is 6.03. The number of hydrogen-bond donors (Lipinski definition) is 2. The Balaban J connectivity index is 1.67. The third-order valence-corrected chi connectivity index (χ3v) is 3.95. The van der Waals surface area contributed by atoms with Gasteiger partial charge in [-0.3, -0.25) is 4.79 Å². The fourth-order valence-electron chi connectivity index (χ4n) is 2.29. The van der Waals surface area contributed by atoms with Gasteiger partial charge in [0.25, 0.3) is 5.91 Å². The van der Waals surface area contributed by atoms with Gasteiger partial charge in [0.05, 0.1) is 17.2 Å². The average molecular weight is 343 g/mol. The summed E-state index contributed by atoms with van der Waals surface area (Å²) in [5.41, 5.74) is 4.77. The van der Waals surface area contributed by atoms with Crippen molar-refractivity contribution in [1.29, 1.82) is 5.26 Å². The maximum atomic E-state index is 12.2. The van der Waals surface area contributed by atoms with Gasteiger partial charge in [0, 0.05) is 23.8 Å². The normalized spacial score (nSPS) is 10.0. The molecule has 0 aliphatic carbocycles. The summed E-state index contributed by atoms with van der Waals surface area (Å²) in [4.78, 5) is 20.6. The topological polar surface area (TPSA) is 90.7 Å². The van der Waals surface area contributed by atoms with E-state index in [1.54, 1.807) is 24.3 Å². The van der Waals surface area contributed by atoms with E-state index in [4.69, 9.17) is 5.26 Å². The second-order valence-corrected chi connectivity index (χ2v) is 5.86. The lowest BCUT2D eigenvalue weighted by Gasteiger charge is -2.08. The van der Waals surface area contributed by atoms with Crippen molar-refractivity contribution >= 4 is 23.2 Å². The van der Waals surface area contributed by atoms with Crippen molar-refractivity contribution in [2.24, 2.45) is 0 Å². The van der Waals surface area contributed by atoms with Crippen molar-refractivity contribution in [3.05, 3.63) is 77.1 Å². The van der Waals surface area contributed by atoms with Crippen LogP contribution >= 0.6 is 0 Å². The molecule has 1 amide bonds. The number of anilines is 3. The summed E-state index contributed by atoms with van der Waals surface area (Å²) in [6.07, 6.45) is 2.94. The number of amides is 1. The van der Waals surface area contributed by atoms with Crippen LogP contribution in [0, 0.1) is 25.2 Å². The summed E-state index contributed by atoms with van der Waals surface area (Å²) in [6, 6.07) is 14.7. The van der Waals surface area contributed by atoms with E-state index in [1.807, 2.05) is 31.2 Å². The Kier molecular flexibility index (Phi) is 4.90. The number of carbonyl (C=O) groups is 1. The Bertz CT molecular complexity index is 973. The monoisotopic (exact) mass is 343 g/mol. The number of nitrogens with zero attached hydrogens (tertiary/aromatic N) is 3. The summed E-state index contributed by atoms with van der Waals surface area (Å²) >= 11 is 0. The Hall–Kier alpha value is -3.72. The predicted molar refractivity (Wildman–Crippen MR) is 100 cm³/mol. The lowest BCUT2D eigenvalue weighted by molar-refractivity contribution is 0.102. The van der Waals surface area contributed by atoms with E-state index in [9.17, 15) is 4.79 Å². The predicted octanol–water partition coefficient (Wildman–Crippen LogP) is 3.96. The van der Waals surface area contributed by atoms with Gasteiger partial charge in [-0.2, -0.15) is 5.26 Å². The summed E-state index contributed by atoms with van der Waals surface area (Å²) in [7, 11) is 0. The zero-order valence-corrected chi connectivity index (χ0v) is 14.4. The van der Waals surface area contributed by atoms with Crippen LogP contribution in [0.5, 0.6) is 0 Å². The van der Waals surface area contributed by atoms with Crippen molar-refractivity contribution < 1.29 is 4.79 Å². The number of aromatic nitrogens is 2. The number of nitriles is 1. The van der Waals surface area contributed by atoms with E-state index >= 15 is 0 Å². The molecular formula is C20H17N5O. The number of hydrogen-bond acceptors (Lipinski definition) is 5. The first-order valence-electron chi connectivity index (χ1n) is 8.03. The summed E-state index contributed by atoms with van der Waals surface area (Å²) in [5.74, 6) is 0.107. The molecule has 3 rings (SSSR count). The van der Waals surface area contributed by atoms with Gasteiger partial charge in [0.15, 0.2) is 0 Å². The molecule has 128 valence electrons. The molecule has 0 aliphatic heterocycles. The van der Waals surface area contributed by atoms with E-state index in [-0.39, 0.29) is 5.91 Å². The molecular weight excluding hydrogens is 326 g/mol. The highest BCUT2D eigenvalue weighted by atomic mass is 16.1. The molecule has 0 saturated heterocycles. The van der Waals surface area contributed by atoms with Gasteiger partial charge < -0.3 is 10.6 Å². The summed E-state index contributed by atoms with van der Waals surface area (Å²) < 4.78 is 0. The molecule has 0 saturated carbocycles. The molecule has 26 heavy (non-hydrogen) atoms. The molecule has 0 unspecified atom stereocenters. The second kappa shape index (κ2) is 7.45. The maximum absolute atomic E-state index is 12.2. The molecule has 0 bridgehead atoms. The molecule has 0 atom stereocenters. The largest absolute Gasteiger partial charge is 0.324 e. The Morgan fingerprint density at radius 2 is 1.62 bits per heavy atom. The smallest absolute Gasteiger partial charge is 0.258 e. The van der Waals surface area contributed by atoms with E-state index < -0.39 is 0 Å². The van der Waals surface area contributed by atoms with E-state index in [1.165, 1.54) is 23.5 Å². The van der Waals surface area contributed by atoms with Gasteiger partial charge in [0.2, 0.25) is 5.95 Å². The minimum Gasteiger partial charge on any atom is -0.324 e. The average Bonchev–Trinajstić information content (AvgIpc) is 2.66. The third-order valence-electron chi connectivity index (χ3n) is 3.95. The van der Waals surface area contributed by atoms with Gasteiger partial charge in [-0.25, -0.2) is 9.97 Å². The molecule has 1 heterocycles. The Labute approximate surface area is 151 Å². The molecule has 0 spiro atoms. The van der Waals surface area contributed by atoms with Crippen LogP contribution in [0.4, 0.5) is 17.3 Å². The molecule has 2 N–H and O–H groups in total. The van der Waals surface area contributed by atoms with Crippen LogP contribution in [-0.4, -0.2) is 15.9 Å². The van der Waals surface area contributed by atoms with E-state index in [0.29, 0.717) is 22.8 Å². The third kappa shape index (κ3) is 4.02. The van der Waals surface area contributed by atoms with Crippen molar-refractivity contribution in [1.82, 2.24) is 9.97 Å². The van der Waals surface area contributed by atoms with Crippen LogP contribution in [0.25, 0.3) is 0 Å². The first-order valence-corrected chi connectivity index (χ1v) is 8.03. The maximum Gasteiger partial charge on any atom is 0.258 e. The van der Waals surface area contributed by atoms with Crippen molar-refractivity contribution in [2.45, 2.75) is 13.8 Å². The summed E-state index contributed by atoms with van der Waals surface area (Å²) in [6.45, 7) is 4.09. The fourth-order valence-corrected chi connectivity index (χ4v) is 2.29. The van der Waals surface area contributed by atoms with Crippen molar-refractivity contribution in [2.75, 3.05) is 10.6 Å². The molecule has 0 fully saturated rings. The van der Waals surface area contributed by atoms with Gasteiger partial charge in [-0.15, -0.1) is 0 Å². The minimum absolute atomic E-state index is 0.313.